The number of nitrogens with zero attached hydrogens (tertiary/aromatic N) is 4. The molecular formula is C23H26N4O2S. The molecule has 1 atom stereocenters. The van der Waals surface area contributed by atoms with Crippen molar-refractivity contribution in [3.8, 4) is 11.5 Å². The average molecular weight is 423 g/mol. The second-order valence-electron chi connectivity index (χ2n) is 8.66. The molecule has 2 fully saturated rings. The molecule has 2 aliphatic heterocycles. The normalized spacial score (nSPS) is 21.4. The standard InChI is InChI=1S/C23H26N4O2S/c1-16-8-9-19(30-16)22(28)27-12-10-23(11-13-27)14-18(26(2)15-23)20-24-21(29-25-20)17-6-4-3-5-7-17/h3-9,18H,10-15H2,1-2H3. The maximum atomic E-state index is 12.8. The fourth-order valence-corrected chi connectivity index (χ4v) is 5.71. The van der Waals surface area contributed by atoms with Gasteiger partial charge in [0.05, 0.1) is 10.9 Å². The molecule has 7 heteroatoms. The van der Waals surface area contributed by atoms with Crippen LogP contribution in [0.2, 0.25) is 0 Å². The summed E-state index contributed by atoms with van der Waals surface area (Å²) in [6, 6.07) is 14.0. The fraction of sp³-hybridized carbons (Fsp3) is 0.435. The molecule has 5 rings (SSSR count). The van der Waals surface area contributed by atoms with Gasteiger partial charge in [-0.25, -0.2) is 0 Å². The highest BCUT2D eigenvalue weighted by Gasteiger charge is 2.46. The van der Waals surface area contributed by atoms with E-state index >= 15 is 0 Å². The molecule has 0 radical (unpaired) electrons. The van der Waals surface area contributed by atoms with E-state index in [0.717, 1.165) is 55.2 Å². The highest BCUT2D eigenvalue weighted by Crippen LogP contribution is 2.48. The van der Waals surface area contributed by atoms with E-state index in [2.05, 4.69) is 17.1 Å². The molecule has 0 bridgehead atoms. The lowest BCUT2D eigenvalue weighted by atomic mass is 9.76. The Morgan fingerprint density at radius 3 is 2.63 bits per heavy atom. The number of carbonyl (C=O) groups excluding carboxylic acids is 1. The van der Waals surface area contributed by atoms with Gasteiger partial charge >= 0.3 is 0 Å². The van der Waals surface area contributed by atoms with E-state index in [0.29, 0.717) is 5.89 Å². The van der Waals surface area contributed by atoms with Crippen molar-refractivity contribution in [1.29, 1.82) is 0 Å². The third kappa shape index (κ3) is 3.56. The molecule has 0 aliphatic carbocycles. The maximum absolute atomic E-state index is 12.8. The number of benzene rings is 1. The molecule has 2 saturated heterocycles. The van der Waals surface area contributed by atoms with Gasteiger partial charge < -0.3 is 9.42 Å². The van der Waals surface area contributed by atoms with Crippen LogP contribution in [0.25, 0.3) is 11.5 Å². The number of hydrogen-bond acceptors (Lipinski definition) is 6. The number of aryl methyl sites for hydroxylation is 1. The molecule has 156 valence electrons. The Labute approximate surface area is 180 Å². The summed E-state index contributed by atoms with van der Waals surface area (Å²) in [5.74, 6) is 1.52. The number of aromatic nitrogens is 2. The Morgan fingerprint density at radius 1 is 1.17 bits per heavy atom. The summed E-state index contributed by atoms with van der Waals surface area (Å²) in [5, 5.41) is 4.30. The zero-order valence-electron chi connectivity index (χ0n) is 17.4. The van der Waals surface area contributed by atoms with Gasteiger partial charge in [-0.1, -0.05) is 23.4 Å². The average Bonchev–Trinajstić information content (AvgIpc) is 3.48. The molecule has 1 amide bonds. The van der Waals surface area contributed by atoms with E-state index < -0.39 is 0 Å². The van der Waals surface area contributed by atoms with Crippen LogP contribution in [0.1, 0.15) is 45.7 Å². The van der Waals surface area contributed by atoms with Gasteiger partial charge in [0, 0.05) is 30.1 Å². The Hall–Kier alpha value is -2.51. The number of hydrogen-bond donors (Lipinski definition) is 0. The Kier molecular flexibility index (Phi) is 4.95. The first kappa shape index (κ1) is 19.5. The second kappa shape index (κ2) is 7.63. The summed E-state index contributed by atoms with van der Waals surface area (Å²) in [4.78, 5) is 23.9. The van der Waals surface area contributed by atoms with Crippen molar-refractivity contribution in [2.24, 2.45) is 5.41 Å². The number of likely N-dealkylation sites (tertiary alicyclic amines) is 2. The third-order valence-corrected chi connectivity index (χ3v) is 7.55. The van der Waals surface area contributed by atoms with E-state index in [-0.39, 0.29) is 17.4 Å². The van der Waals surface area contributed by atoms with Gasteiger partial charge in [0.1, 0.15) is 0 Å². The highest BCUT2D eigenvalue weighted by molar-refractivity contribution is 7.13. The molecule has 6 nitrogen and oxygen atoms in total. The fourth-order valence-electron chi connectivity index (χ4n) is 4.88. The first-order chi connectivity index (χ1) is 14.5. The predicted octanol–water partition coefficient (Wildman–Crippen LogP) is 4.41. The van der Waals surface area contributed by atoms with Crippen LogP contribution in [0.3, 0.4) is 0 Å². The number of rotatable bonds is 3. The first-order valence-corrected chi connectivity index (χ1v) is 11.3. The van der Waals surface area contributed by atoms with Crippen molar-refractivity contribution in [2.45, 2.75) is 32.2 Å². The lowest BCUT2D eigenvalue weighted by molar-refractivity contribution is 0.0598. The lowest BCUT2D eigenvalue weighted by Crippen LogP contribution is -2.43. The van der Waals surface area contributed by atoms with Crippen LogP contribution in [0.4, 0.5) is 0 Å². The zero-order chi connectivity index (χ0) is 20.7. The molecule has 2 aromatic heterocycles. The Morgan fingerprint density at radius 2 is 1.93 bits per heavy atom. The molecule has 0 N–H and O–H groups in total. The molecular weight excluding hydrogens is 396 g/mol. The quantitative estimate of drug-likeness (QED) is 0.626. The van der Waals surface area contributed by atoms with Crippen LogP contribution in [0, 0.1) is 12.3 Å². The molecule has 1 unspecified atom stereocenters. The zero-order valence-corrected chi connectivity index (χ0v) is 18.2. The largest absolute Gasteiger partial charge is 0.338 e. The maximum Gasteiger partial charge on any atom is 0.263 e. The number of amides is 1. The van der Waals surface area contributed by atoms with Crippen molar-refractivity contribution in [2.75, 3.05) is 26.7 Å². The highest BCUT2D eigenvalue weighted by atomic mass is 32.1. The summed E-state index contributed by atoms with van der Waals surface area (Å²) in [5.41, 5.74) is 1.16. The van der Waals surface area contributed by atoms with Crippen molar-refractivity contribution in [3.63, 3.8) is 0 Å². The smallest absolute Gasteiger partial charge is 0.263 e. The van der Waals surface area contributed by atoms with Gasteiger partial charge in [0.15, 0.2) is 5.82 Å². The SMILES string of the molecule is Cc1ccc(C(=O)N2CCC3(CC2)CC(c2noc(-c4ccccc4)n2)N(C)C3)s1. The Balaban J connectivity index is 1.26. The molecule has 0 saturated carbocycles. The van der Waals surface area contributed by atoms with Crippen LogP contribution in [-0.4, -0.2) is 52.5 Å². The first-order valence-electron chi connectivity index (χ1n) is 10.5. The summed E-state index contributed by atoms with van der Waals surface area (Å²) >= 11 is 1.59. The van der Waals surface area contributed by atoms with E-state index in [1.807, 2.05) is 54.3 Å². The lowest BCUT2D eigenvalue weighted by Gasteiger charge is -2.39. The van der Waals surface area contributed by atoms with Gasteiger partial charge in [-0.2, -0.15) is 4.98 Å². The second-order valence-corrected chi connectivity index (χ2v) is 9.95. The van der Waals surface area contributed by atoms with Gasteiger partial charge in [0.2, 0.25) is 0 Å². The van der Waals surface area contributed by atoms with Crippen LogP contribution >= 0.6 is 11.3 Å². The molecule has 30 heavy (non-hydrogen) atoms. The minimum absolute atomic E-state index is 0.161. The summed E-state index contributed by atoms with van der Waals surface area (Å²) in [6.45, 7) is 4.69. The molecule has 1 aromatic carbocycles. The summed E-state index contributed by atoms with van der Waals surface area (Å²) in [6.07, 6.45) is 3.05. The molecule has 1 spiro atoms. The van der Waals surface area contributed by atoms with Gasteiger partial charge in [-0.15, -0.1) is 11.3 Å². The minimum atomic E-state index is 0.161. The van der Waals surface area contributed by atoms with E-state index in [9.17, 15) is 4.79 Å². The van der Waals surface area contributed by atoms with E-state index in [4.69, 9.17) is 9.51 Å². The van der Waals surface area contributed by atoms with Crippen molar-refractivity contribution in [1.82, 2.24) is 19.9 Å². The predicted molar refractivity (Wildman–Crippen MR) is 116 cm³/mol. The summed E-state index contributed by atoms with van der Waals surface area (Å²) < 4.78 is 5.55. The Bertz CT molecular complexity index is 1040. The van der Waals surface area contributed by atoms with Crippen LogP contribution in [0.15, 0.2) is 47.0 Å². The van der Waals surface area contributed by atoms with Crippen LogP contribution in [0.5, 0.6) is 0 Å². The van der Waals surface area contributed by atoms with Gasteiger partial charge in [-0.05, 0) is 62.9 Å². The summed E-state index contributed by atoms with van der Waals surface area (Å²) in [7, 11) is 2.14. The number of piperidine rings is 1. The number of carbonyl (C=O) groups is 1. The topological polar surface area (TPSA) is 62.5 Å². The van der Waals surface area contributed by atoms with E-state index in [1.54, 1.807) is 11.3 Å². The van der Waals surface area contributed by atoms with Crippen LogP contribution < -0.4 is 0 Å². The monoisotopic (exact) mass is 422 g/mol. The van der Waals surface area contributed by atoms with Crippen molar-refractivity contribution in [3.05, 3.63) is 58.0 Å². The molecule has 2 aliphatic rings. The number of thiophene rings is 1. The van der Waals surface area contributed by atoms with Crippen molar-refractivity contribution >= 4 is 17.2 Å². The minimum Gasteiger partial charge on any atom is -0.338 e. The van der Waals surface area contributed by atoms with Gasteiger partial charge in [-0.3, -0.25) is 9.69 Å². The third-order valence-electron chi connectivity index (χ3n) is 6.57. The van der Waals surface area contributed by atoms with Gasteiger partial charge in [0.25, 0.3) is 11.8 Å². The van der Waals surface area contributed by atoms with Crippen LogP contribution in [-0.2, 0) is 0 Å². The molecule has 3 aromatic rings. The molecule has 4 heterocycles. The van der Waals surface area contributed by atoms with E-state index in [1.165, 1.54) is 4.88 Å². The van der Waals surface area contributed by atoms with Crippen molar-refractivity contribution < 1.29 is 9.32 Å².